The van der Waals surface area contributed by atoms with Gasteiger partial charge in [-0.3, -0.25) is 10.1 Å². The number of furan rings is 1. The van der Waals surface area contributed by atoms with Crippen LogP contribution >= 0.6 is 11.6 Å². The topological polar surface area (TPSA) is 107 Å². The van der Waals surface area contributed by atoms with Crippen LogP contribution < -0.4 is 0 Å². The van der Waals surface area contributed by atoms with E-state index >= 15 is 0 Å². The van der Waals surface area contributed by atoms with Gasteiger partial charge < -0.3 is 4.42 Å². The molecule has 2 heterocycles. The average molecular weight is 408 g/mol. The third-order valence-corrected chi connectivity index (χ3v) is 5.73. The van der Waals surface area contributed by atoms with Crippen LogP contribution in [0, 0.1) is 10.1 Å². The summed E-state index contributed by atoms with van der Waals surface area (Å²) in [5, 5.41) is 11.2. The quantitative estimate of drug-likeness (QED) is 0.336. The Hall–Kier alpha value is -2.75. The first-order valence-corrected chi connectivity index (χ1v) is 9.55. The molecule has 2 aromatic heterocycles. The molecule has 0 atom stereocenters. The molecule has 27 heavy (non-hydrogen) atoms. The Labute approximate surface area is 160 Å². The Morgan fingerprint density at radius 3 is 2.59 bits per heavy atom. The van der Waals surface area contributed by atoms with Crippen LogP contribution in [0.15, 0.2) is 70.3 Å². The van der Waals surface area contributed by atoms with Gasteiger partial charge in [0.05, 0.1) is 17.7 Å². The van der Waals surface area contributed by atoms with Crippen molar-refractivity contribution in [2.45, 2.75) is 18.0 Å². The van der Waals surface area contributed by atoms with Gasteiger partial charge in [-0.05, 0) is 29.8 Å². The number of rotatable bonds is 7. The van der Waals surface area contributed by atoms with Gasteiger partial charge in [-0.25, -0.2) is 13.4 Å². The SMILES string of the molecule is O=[N+]([O-])c1cccc(CN(Cc2ccco2)S(=O)(=O)c2ccc(Cl)nc2)c1. The number of sulfonamides is 1. The lowest BCUT2D eigenvalue weighted by Crippen LogP contribution is -2.30. The molecule has 8 nitrogen and oxygen atoms in total. The first-order chi connectivity index (χ1) is 12.9. The second kappa shape index (κ2) is 7.87. The van der Waals surface area contributed by atoms with Gasteiger partial charge in [0.1, 0.15) is 15.8 Å². The summed E-state index contributed by atoms with van der Waals surface area (Å²) < 4.78 is 32.5. The minimum atomic E-state index is -3.94. The van der Waals surface area contributed by atoms with Gasteiger partial charge in [0.2, 0.25) is 10.0 Å². The van der Waals surface area contributed by atoms with Crippen LogP contribution in [0.1, 0.15) is 11.3 Å². The van der Waals surface area contributed by atoms with E-state index in [4.69, 9.17) is 16.0 Å². The maximum absolute atomic E-state index is 13.1. The molecule has 140 valence electrons. The van der Waals surface area contributed by atoms with Crippen LogP contribution in [0.3, 0.4) is 0 Å². The molecular formula is C17H14ClN3O5S. The fourth-order valence-corrected chi connectivity index (χ4v) is 3.89. The van der Waals surface area contributed by atoms with E-state index in [-0.39, 0.29) is 28.8 Å². The third kappa shape index (κ3) is 4.51. The van der Waals surface area contributed by atoms with Crippen LogP contribution in [-0.4, -0.2) is 22.6 Å². The van der Waals surface area contributed by atoms with Crippen molar-refractivity contribution >= 4 is 27.3 Å². The lowest BCUT2D eigenvalue weighted by Gasteiger charge is -2.21. The predicted octanol–water partition coefficient (Wildman–Crippen LogP) is 3.63. The van der Waals surface area contributed by atoms with Crippen LogP contribution in [0.2, 0.25) is 5.15 Å². The molecule has 0 unspecified atom stereocenters. The van der Waals surface area contributed by atoms with Crippen molar-refractivity contribution in [3.05, 3.63) is 87.6 Å². The zero-order valence-electron chi connectivity index (χ0n) is 13.9. The molecule has 0 aliphatic heterocycles. The highest BCUT2D eigenvalue weighted by Crippen LogP contribution is 2.23. The summed E-state index contributed by atoms with van der Waals surface area (Å²) in [6.45, 7) is -0.117. The van der Waals surface area contributed by atoms with Gasteiger partial charge >= 0.3 is 0 Å². The van der Waals surface area contributed by atoms with Crippen molar-refractivity contribution in [1.82, 2.24) is 9.29 Å². The molecule has 0 saturated carbocycles. The van der Waals surface area contributed by atoms with E-state index in [9.17, 15) is 18.5 Å². The molecule has 10 heteroatoms. The summed E-state index contributed by atoms with van der Waals surface area (Å²) in [6.07, 6.45) is 2.61. The number of aromatic nitrogens is 1. The number of nitrogens with zero attached hydrogens (tertiary/aromatic N) is 3. The summed E-state index contributed by atoms with van der Waals surface area (Å²) in [7, 11) is -3.94. The van der Waals surface area contributed by atoms with Crippen molar-refractivity contribution in [2.75, 3.05) is 0 Å². The molecular weight excluding hydrogens is 394 g/mol. The summed E-state index contributed by atoms with van der Waals surface area (Å²) >= 11 is 5.73. The molecule has 0 radical (unpaired) electrons. The number of pyridine rings is 1. The van der Waals surface area contributed by atoms with Gasteiger partial charge in [-0.15, -0.1) is 0 Å². The van der Waals surface area contributed by atoms with Gasteiger partial charge in [-0.2, -0.15) is 4.31 Å². The van der Waals surface area contributed by atoms with Crippen molar-refractivity contribution in [2.24, 2.45) is 0 Å². The largest absolute Gasteiger partial charge is 0.468 e. The second-order valence-electron chi connectivity index (χ2n) is 5.60. The molecule has 0 bridgehead atoms. The minimum absolute atomic E-state index is 0.0381. The second-order valence-corrected chi connectivity index (χ2v) is 7.92. The van der Waals surface area contributed by atoms with E-state index < -0.39 is 14.9 Å². The highest BCUT2D eigenvalue weighted by Gasteiger charge is 2.26. The van der Waals surface area contributed by atoms with Gasteiger partial charge in [0, 0.05) is 24.9 Å². The average Bonchev–Trinajstić information content (AvgIpc) is 3.15. The monoisotopic (exact) mass is 407 g/mol. The fraction of sp³-hybridized carbons (Fsp3) is 0.118. The predicted molar refractivity (Wildman–Crippen MR) is 97.5 cm³/mol. The zero-order chi connectivity index (χ0) is 19.4. The van der Waals surface area contributed by atoms with Crippen LogP contribution in [0.4, 0.5) is 5.69 Å². The Morgan fingerprint density at radius 1 is 1.15 bits per heavy atom. The van der Waals surface area contributed by atoms with Gasteiger partial charge in [-0.1, -0.05) is 23.7 Å². The summed E-state index contributed by atoms with van der Waals surface area (Å²) in [6, 6.07) is 11.9. The van der Waals surface area contributed by atoms with E-state index in [2.05, 4.69) is 4.98 Å². The lowest BCUT2D eigenvalue weighted by atomic mass is 10.2. The summed E-state index contributed by atoms with van der Waals surface area (Å²) in [4.78, 5) is 14.2. The maximum Gasteiger partial charge on any atom is 0.269 e. The first-order valence-electron chi connectivity index (χ1n) is 7.74. The van der Waals surface area contributed by atoms with Gasteiger partial charge in [0.15, 0.2) is 0 Å². The molecule has 0 amide bonds. The lowest BCUT2D eigenvalue weighted by molar-refractivity contribution is -0.384. The Kier molecular flexibility index (Phi) is 5.54. The molecule has 0 aliphatic carbocycles. The highest BCUT2D eigenvalue weighted by atomic mass is 35.5. The third-order valence-electron chi connectivity index (χ3n) is 3.73. The molecule has 0 saturated heterocycles. The number of nitro groups is 1. The van der Waals surface area contributed by atoms with E-state index in [0.717, 1.165) is 4.31 Å². The number of non-ortho nitro benzene ring substituents is 1. The van der Waals surface area contributed by atoms with Crippen molar-refractivity contribution < 1.29 is 17.8 Å². The number of hydrogen-bond donors (Lipinski definition) is 0. The zero-order valence-corrected chi connectivity index (χ0v) is 15.4. The van der Waals surface area contributed by atoms with Gasteiger partial charge in [0.25, 0.3) is 5.69 Å². The molecule has 0 aliphatic rings. The van der Waals surface area contributed by atoms with E-state index in [1.807, 2.05) is 0 Å². The van der Waals surface area contributed by atoms with Crippen molar-refractivity contribution in [3.63, 3.8) is 0 Å². The summed E-state index contributed by atoms with van der Waals surface area (Å²) in [5.74, 6) is 0.436. The molecule has 3 rings (SSSR count). The number of nitro benzene ring substituents is 1. The Morgan fingerprint density at radius 2 is 1.96 bits per heavy atom. The molecule has 0 spiro atoms. The van der Waals surface area contributed by atoms with Crippen LogP contribution in [-0.2, 0) is 23.1 Å². The smallest absolute Gasteiger partial charge is 0.269 e. The molecule has 1 aromatic carbocycles. The maximum atomic E-state index is 13.1. The Bertz CT molecular complexity index is 1040. The highest BCUT2D eigenvalue weighted by molar-refractivity contribution is 7.89. The molecule has 0 fully saturated rings. The van der Waals surface area contributed by atoms with Crippen molar-refractivity contribution in [3.8, 4) is 0 Å². The number of halogens is 1. The van der Waals surface area contributed by atoms with E-state index in [1.165, 1.54) is 42.8 Å². The van der Waals surface area contributed by atoms with Crippen molar-refractivity contribution in [1.29, 1.82) is 0 Å². The van der Waals surface area contributed by atoms with Crippen LogP contribution in [0.5, 0.6) is 0 Å². The fourth-order valence-electron chi connectivity index (χ4n) is 2.44. The minimum Gasteiger partial charge on any atom is -0.468 e. The molecule has 3 aromatic rings. The number of hydrogen-bond acceptors (Lipinski definition) is 6. The summed E-state index contributed by atoms with van der Waals surface area (Å²) in [5.41, 5.74) is 0.359. The first kappa shape index (κ1) is 19.0. The Balaban J connectivity index is 1.97. The van der Waals surface area contributed by atoms with Crippen LogP contribution in [0.25, 0.3) is 0 Å². The number of benzene rings is 1. The normalized spacial score (nSPS) is 11.6. The molecule has 0 N–H and O–H groups in total. The van der Waals surface area contributed by atoms with E-state index in [0.29, 0.717) is 11.3 Å². The standard InChI is InChI=1S/C17H14ClN3O5S/c18-17-7-6-16(10-19-17)27(24,25)20(12-15-5-2-8-26-15)11-13-3-1-4-14(9-13)21(22)23/h1-10H,11-12H2. The van der Waals surface area contributed by atoms with E-state index in [1.54, 1.807) is 18.2 Å².